The Bertz CT molecular complexity index is 1220. The lowest BCUT2D eigenvalue weighted by atomic mass is 9.97. The number of phenols is 1. The molecule has 4 aromatic rings. The van der Waals surface area contributed by atoms with E-state index in [9.17, 15) is 9.90 Å². The summed E-state index contributed by atoms with van der Waals surface area (Å²) in [7, 11) is 1.89. The molecular formula is C27H31N3O3S. The zero-order chi connectivity index (χ0) is 23.9. The molecule has 1 saturated carbocycles. The molecule has 2 aromatic carbocycles. The fourth-order valence-electron chi connectivity index (χ4n) is 4.06. The molecule has 1 amide bonds. The molecule has 178 valence electrons. The van der Waals surface area contributed by atoms with Crippen LogP contribution in [0.1, 0.15) is 48.2 Å². The normalized spacial score (nSPS) is 13.8. The Balaban J connectivity index is 0.000000336. The van der Waals surface area contributed by atoms with Gasteiger partial charge in [0.05, 0.1) is 10.2 Å². The van der Waals surface area contributed by atoms with Crippen LogP contribution in [0.4, 0.5) is 5.69 Å². The zero-order valence-electron chi connectivity index (χ0n) is 19.4. The highest BCUT2D eigenvalue weighted by molar-refractivity contribution is 7.17. The third kappa shape index (κ3) is 5.98. The quantitative estimate of drug-likeness (QED) is 0.326. The minimum Gasteiger partial charge on any atom is -0.508 e. The Morgan fingerprint density at radius 3 is 2.53 bits per heavy atom. The first-order valence-electron chi connectivity index (χ1n) is 11.6. The zero-order valence-corrected chi connectivity index (χ0v) is 20.2. The van der Waals surface area contributed by atoms with Gasteiger partial charge in [0.25, 0.3) is 5.91 Å². The van der Waals surface area contributed by atoms with Crippen LogP contribution in [0.25, 0.3) is 10.2 Å². The van der Waals surface area contributed by atoms with Crippen LogP contribution in [0.15, 0.2) is 66.0 Å². The van der Waals surface area contributed by atoms with E-state index in [2.05, 4.69) is 5.32 Å². The van der Waals surface area contributed by atoms with E-state index < -0.39 is 0 Å². The number of nitrogens with two attached hydrogens (primary N) is 1. The number of aryl methyl sites for hydroxylation is 1. The number of nitrogens with zero attached hydrogens (tertiary/aromatic N) is 1. The van der Waals surface area contributed by atoms with Gasteiger partial charge in [0.2, 0.25) is 0 Å². The number of hydrogen-bond acceptors (Lipinski definition) is 5. The van der Waals surface area contributed by atoms with Gasteiger partial charge < -0.3 is 25.5 Å². The van der Waals surface area contributed by atoms with Gasteiger partial charge in [-0.1, -0.05) is 37.5 Å². The highest BCUT2D eigenvalue weighted by atomic mass is 32.1. The van der Waals surface area contributed by atoms with E-state index in [-0.39, 0.29) is 11.7 Å². The summed E-state index contributed by atoms with van der Waals surface area (Å²) < 4.78 is 8.76. The van der Waals surface area contributed by atoms with Crippen molar-refractivity contribution in [2.24, 2.45) is 12.8 Å². The van der Waals surface area contributed by atoms with Crippen molar-refractivity contribution in [1.29, 1.82) is 0 Å². The first kappa shape index (κ1) is 23.9. The highest BCUT2D eigenvalue weighted by Crippen LogP contribution is 2.26. The molecule has 0 aliphatic heterocycles. The van der Waals surface area contributed by atoms with Gasteiger partial charge in [0, 0.05) is 24.3 Å². The average Bonchev–Trinajstić information content (AvgIpc) is 3.43. The minimum atomic E-state index is -0.155. The third-order valence-electron chi connectivity index (χ3n) is 6.04. The number of fused-ring (bicyclic) bond motifs is 1. The van der Waals surface area contributed by atoms with Gasteiger partial charge in [-0.05, 0) is 60.7 Å². The van der Waals surface area contributed by atoms with E-state index >= 15 is 0 Å². The predicted molar refractivity (Wildman–Crippen MR) is 139 cm³/mol. The Labute approximate surface area is 204 Å². The lowest BCUT2D eigenvalue weighted by molar-refractivity contribution is 0.101. The summed E-state index contributed by atoms with van der Waals surface area (Å²) in [5.74, 6) is 0.687. The van der Waals surface area contributed by atoms with Gasteiger partial charge in [-0.15, -0.1) is 11.3 Å². The molecule has 0 radical (unpaired) electrons. The number of rotatable bonds is 5. The number of aromatic nitrogens is 1. The maximum absolute atomic E-state index is 12.8. The van der Waals surface area contributed by atoms with Crippen molar-refractivity contribution in [1.82, 2.24) is 4.57 Å². The fraction of sp³-hybridized carbons (Fsp3) is 0.296. The van der Waals surface area contributed by atoms with E-state index in [0.717, 1.165) is 15.8 Å². The van der Waals surface area contributed by atoms with Gasteiger partial charge in [-0.25, -0.2) is 0 Å². The molecule has 0 saturated heterocycles. The average molecular weight is 478 g/mol. The van der Waals surface area contributed by atoms with E-state index in [1.807, 2.05) is 53.4 Å². The molecule has 0 atom stereocenters. The molecule has 2 heterocycles. The second-order valence-electron chi connectivity index (χ2n) is 8.55. The molecule has 2 aromatic heterocycles. The van der Waals surface area contributed by atoms with Crippen molar-refractivity contribution < 1.29 is 14.6 Å². The Morgan fingerprint density at radius 1 is 1.12 bits per heavy atom. The molecule has 1 aliphatic rings. The van der Waals surface area contributed by atoms with Gasteiger partial charge in [0.1, 0.15) is 23.8 Å². The number of thiophene rings is 1. The summed E-state index contributed by atoms with van der Waals surface area (Å²) in [6.45, 7) is 0.309. The van der Waals surface area contributed by atoms with Crippen molar-refractivity contribution in [2.45, 2.75) is 44.8 Å². The van der Waals surface area contributed by atoms with Crippen molar-refractivity contribution in [3.8, 4) is 11.5 Å². The molecule has 0 spiro atoms. The van der Waals surface area contributed by atoms with Crippen molar-refractivity contribution in [2.75, 3.05) is 5.32 Å². The van der Waals surface area contributed by atoms with Gasteiger partial charge >= 0.3 is 0 Å². The number of benzene rings is 2. The van der Waals surface area contributed by atoms with Crippen molar-refractivity contribution in [3.63, 3.8) is 0 Å². The lowest BCUT2D eigenvalue weighted by Gasteiger charge is -2.15. The summed E-state index contributed by atoms with van der Waals surface area (Å²) in [6.07, 6.45) is 6.66. The third-order valence-corrected chi connectivity index (χ3v) is 6.90. The lowest BCUT2D eigenvalue weighted by Crippen LogP contribution is -2.22. The van der Waals surface area contributed by atoms with Crippen LogP contribution in [0, 0.1) is 0 Å². The molecule has 5 rings (SSSR count). The number of hydrogen-bond donors (Lipinski definition) is 3. The molecule has 0 bridgehead atoms. The number of aromatic hydroxyl groups is 1. The first-order valence-corrected chi connectivity index (χ1v) is 12.5. The van der Waals surface area contributed by atoms with Crippen LogP contribution in [0.5, 0.6) is 11.5 Å². The minimum absolute atomic E-state index is 0.155. The summed E-state index contributed by atoms with van der Waals surface area (Å²) in [6, 6.07) is 18.6. The molecule has 34 heavy (non-hydrogen) atoms. The van der Waals surface area contributed by atoms with Gasteiger partial charge in [-0.2, -0.15) is 0 Å². The van der Waals surface area contributed by atoms with Crippen LogP contribution in [0.3, 0.4) is 0 Å². The first-order chi connectivity index (χ1) is 16.5. The van der Waals surface area contributed by atoms with E-state index in [0.29, 0.717) is 29.8 Å². The molecule has 1 aliphatic carbocycles. The number of carbonyl (C=O) groups excluding carboxylic acids is 1. The molecule has 1 fully saturated rings. The number of carbonyl (C=O) groups is 1. The second kappa shape index (κ2) is 11.2. The number of para-hydroxylation sites is 1. The number of ether oxygens (including phenoxy) is 1. The molecular weight excluding hydrogens is 446 g/mol. The van der Waals surface area contributed by atoms with Gasteiger partial charge in [-0.3, -0.25) is 4.79 Å². The van der Waals surface area contributed by atoms with Crippen LogP contribution in [0.2, 0.25) is 0 Å². The number of amides is 1. The topological polar surface area (TPSA) is 89.5 Å². The SMILES string of the molecule is Cn1c(C(=O)Nc2ccccc2COc2ccc(O)cc2)cc2sccc21.NC1CCCCC1. The summed E-state index contributed by atoms with van der Waals surface area (Å²) in [5.41, 5.74) is 8.89. The second-order valence-corrected chi connectivity index (χ2v) is 9.50. The van der Waals surface area contributed by atoms with Crippen LogP contribution in [-0.4, -0.2) is 21.6 Å². The van der Waals surface area contributed by atoms with Crippen LogP contribution >= 0.6 is 11.3 Å². The summed E-state index contributed by atoms with van der Waals surface area (Å²) >= 11 is 1.62. The van der Waals surface area contributed by atoms with Gasteiger partial charge in [0.15, 0.2) is 0 Å². The maximum atomic E-state index is 12.8. The van der Waals surface area contributed by atoms with Crippen molar-refractivity contribution in [3.05, 3.63) is 77.3 Å². The largest absolute Gasteiger partial charge is 0.508 e. The number of anilines is 1. The Kier molecular flexibility index (Phi) is 7.87. The summed E-state index contributed by atoms with van der Waals surface area (Å²) in [4.78, 5) is 12.8. The smallest absolute Gasteiger partial charge is 0.272 e. The molecule has 4 N–H and O–H groups in total. The predicted octanol–water partition coefficient (Wildman–Crippen LogP) is 6.05. The number of nitrogens with one attached hydrogen (secondary N) is 1. The fourth-order valence-corrected chi connectivity index (χ4v) is 4.91. The van der Waals surface area contributed by atoms with Crippen LogP contribution < -0.4 is 15.8 Å². The standard InChI is InChI=1S/C21H18N2O3S.C6H13N/c1-23-18-10-11-27-20(18)12-19(23)21(25)22-17-5-3-2-4-14(17)13-26-16-8-6-15(24)7-9-16;7-6-4-2-1-3-5-6/h2-12,24H,13H2,1H3,(H,22,25);6H,1-5,7H2. The Hall–Kier alpha value is -3.29. The monoisotopic (exact) mass is 477 g/mol. The number of phenolic OH excluding ortho intramolecular Hbond substituents is 1. The highest BCUT2D eigenvalue weighted by Gasteiger charge is 2.15. The van der Waals surface area contributed by atoms with E-state index in [4.69, 9.17) is 10.5 Å². The molecule has 6 nitrogen and oxygen atoms in total. The molecule has 0 unspecified atom stereocenters. The van der Waals surface area contributed by atoms with E-state index in [1.165, 1.54) is 32.1 Å². The summed E-state index contributed by atoms with van der Waals surface area (Å²) in [5, 5.41) is 14.4. The molecule has 7 heteroatoms. The van der Waals surface area contributed by atoms with Crippen molar-refractivity contribution >= 4 is 33.1 Å². The van der Waals surface area contributed by atoms with E-state index in [1.54, 1.807) is 35.6 Å². The van der Waals surface area contributed by atoms with Crippen LogP contribution in [-0.2, 0) is 13.7 Å². The maximum Gasteiger partial charge on any atom is 0.272 e. The Morgan fingerprint density at radius 2 is 1.85 bits per heavy atom.